The summed E-state index contributed by atoms with van der Waals surface area (Å²) in [5.74, 6) is -0.504. The fraction of sp³-hybridized carbons (Fsp3) is 0.154. The van der Waals surface area contributed by atoms with E-state index in [0.29, 0.717) is 16.9 Å². The number of anilines is 1. The summed E-state index contributed by atoms with van der Waals surface area (Å²) in [5.41, 5.74) is 2.71. The van der Waals surface area contributed by atoms with Gasteiger partial charge in [0.05, 0.1) is 17.3 Å². The average Bonchev–Trinajstić information content (AvgIpc) is 2.46. The maximum absolute atomic E-state index is 12.1. The first-order chi connectivity index (χ1) is 9.08. The second-order valence-corrected chi connectivity index (χ2v) is 5.05. The van der Waals surface area contributed by atoms with E-state index in [1.165, 1.54) is 0 Å². The highest BCUT2D eigenvalue weighted by atomic mass is 35.5. The summed E-state index contributed by atoms with van der Waals surface area (Å²) >= 11 is 12.1. The van der Waals surface area contributed by atoms with Crippen molar-refractivity contribution in [1.29, 1.82) is 0 Å². The van der Waals surface area contributed by atoms with Crippen molar-refractivity contribution in [2.24, 2.45) is 0 Å². The van der Waals surface area contributed by atoms with Crippen LogP contribution in [-0.4, -0.2) is 15.9 Å². The predicted molar refractivity (Wildman–Crippen MR) is 74.5 cm³/mol. The highest BCUT2D eigenvalue weighted by molar-refractivity contribution is 6.35. The van der Waals surface area contributed by atoms with E-state index in [0.717, 1.165) is 5.56 Å². The zero-order valence-electron chi connectivity index (χ0n) is 9.95. The largest absolute Gasteiger partial charge is 0.325 e. The minimum atomic E-state index is -0.363. The molecule has 19 heavy (non-hydrogen) atoms. The number of nitrogens with zero attached hydrogens (tertiary/aromatic N) is 2. The van der Waals surface area contributed by atoms with Gasteiger partial charge < -0.3 is 5.32 Å². The molecule has 96 valence electrons. The highest BCUT2D eigenvalue weighted by Gasteiger charge is 2.28. The molecule has 1 atom stereocenters. The Labute approximate surface area is 119 Å². The second kappa shape index (κ2) is 4.47. The molecule has 0 bridgehead atoms. The molecule has 0 spiro atoms. The van der Waals surface area contributed by atoms with Gasteiger partial charge in [-0.1, -0.05) is 29.3 Å². The number of amides is 1. The van der Waals surface area contributed by atoms with E-state index in [9.17, 15) is 4.79 Å². The van der Waals surface area contributed by atoms with Gasteiger partial charge in [0.25, 0.3) is 0 Å². The molecule has 3 rings (SSSR count). The van der Waals surface area contributed by atoms with Crippen LogP contribution in [0.3, 0.4) is 0 Å². The third-order valence-electron chi connectivity index (χ3n) is 3.11. The molecule has 4 nitrogen and oxygen atoms in total. The Morgan fingerprint density at radius 1 is 1.37 bits per heavy atom. The van der Waals surface area contributed by atoms with E-state index in [2.05, 4.69) is 15.3 Å². The first-order valence-corrected chi connectivity index (χ1v) is 6.45. The molecule has 1 N–H and O–H groups in total. The molecule has 0 radical (unpaired) electrons. The van der Waals surface area contributed by atoms with E-state index < -0.39 is 0 Å². The van der Waals surface area contributed by atoms with Gasteiger partial charge in [-0.25, -0.2) is 4.98 Å². The van der Waals surface area contributed by atoms with Crippen LogP contribution in [0.2, 0.25) is 10.3 Å². The fourth-order valence-corrected chi connectivity index (χ4v) is 2.71. The third kappa shape index (κ3) is 1.97. The van der Waals surface area contributed by atoms with Gasteiger partial charge in [-0.3, -0.25) is 9.78 Å². The number of halogens is 2. The minimum absolute atomic E-state index is 0.142. The average molecular weight is 294 g/mol. The van der Waals surface area contributed by atoms with Crippen molar-refractivity contribution in [2.75, 3.05) is 5.32 Å². The lowest BCUT2D eigenvalue weighted by Crippen LogP contribution is -2.18. The lowest BCUT2D eigenvalue weighted by atomic mass is 9.98. The number of nitrogens with one attached hydrogen (secondary N) is 1. The van der Waals surface area contributed by atoms with Gasteiger partial charge in [0.15, 0.2) is 0 Å². The quantitative estimate of drug-likeness (QED) is 0.756. The molecule has 2 aromatic rings. The summed E-state index contributed by atoms with van der Waals surface area (Å²) < 4.78 is 0. The molecule has 2 aromatic heterocycles. The van der Waals surface area contributed by atoms with Crippen LogP contribution in [0.15, 0.2) is 24.4 Å². The van der Waals surface area contributed by atoms with Crippen molar-refractivity contribution in [1.82, 2.24) is 9.97 Å². The lowest BCUT2D eigenvalue weighted by Gasteiger charge is -2.10. The smallest absolute Gasteiger partial charge is 0.233 e. The Bertz CT molecular complexity index is 688. The molecule has 1 aliphatic rings. The summed E-state index contributed by atoms with van der Waals surface area (Å²) in [6, 6.07) is 5.27. The molecular formula is C13H9Cl2N3O. The number of carbonyl (C=O) groups is 1. The fourth-order valence-electron chi connectivity index (χ4n) is 2.18. The van der Waals surface area contributed by atoms with Gasteiger partial charge in [0.1, 0.15) is 10.3 Å². The maximum atomic E-state index is 12.1. The predicted octanol–water partition coefficient (Wildman–Crippen LogP) is 3.51. The maximum Gasteiger partial charge on any atom is 0.233 e. The lowest BCUT2D eigenvalue weighted by molar-refractivity contribution is -0.117. The summed E-state index contributed by atoms with van der Waals surface area (Å²) in [6.45, 7) is 1.80. The van der Waals surface area contributed by atoms with Crippen LogP contribution in [0.25, 0.3) is 11.1 Å². The molecule has 3 heterocycles. The number of pyridine rings is 2. The molecule has 0 aromatic carbocycles. The summed E-state index contributed by atoms with van der Waals surface area (Å²) in [6.07, 6.45) is 1.66. The third-order valence-corrected chi connectivity index (χ3v) is 3.58. The molecule has 0 aliphatic carbocycles. The van der Waals surface area contributed by atoms with Crippen LogP contribution < -0.4 is 5.32 Å². The van der Waals surface area contributed by atoms with E-state index >= 15 is 0 Å². The van der Waals surface area contributed by atoms with Crippen molar-refractivity contribution >= 4 is 34.8 Å². The van der Waals surface area contributed by atoms with Crippen molar-refractivity contribution < 1.29 is 4.79 Å². The van der Waals surface area contributed by atoms with Crippen LogP contribution in [0, 0.1) is 0 Å². The van der Waals surface area contributed by atoms with Crippen LogP contribution in [0.1, 0.15) is 18.5 Å². The Balaban J connectivity index is 2.38. The molecule has 0 saturated heterocycles. The molecule has 6 heteroatoms. The van der Waals surface area contributed by atoms with Gasteiger partial charge in [0.2, 0.25) is 5.91 Å². The highest BCUT2D eigenvalue weighted by Crippen LogP contribution is 2.41. The van der Waals surface area contributed by atoms with Gasteiger partial charge in [-0.05, 0) is 19.1 Å². The zero-order chi connectivity index (χ0) is 13.6. The van der Waals surface area contributed by atoms with Crippen LogP contribution in [-0.2, 0) is 4.79 Å². The molecular weight excluding hydrogens is 285 g/mol. The van der Waals surface area contributed by atoms with Gasteiger partial charge in [-0.15, -0.1) is 0 Å². The van der Waals surface area contributed by atoms with Crippen LogP contribution in [0.5, 0.6) is 0 Å². The molecule has 1 aliphatic heterocycles. The molecule has 0 fully saturated rings. The number of hydrogen-bond acceptors (Lipinski definition) is 3. The molecule has 0 saturated carbocycles. The Morgan fingerprint density at radius 2 is 2.16 bits per heavy atom. The second-order valence-electron chi connectivity index (χ2n) is 4.31. The number of hydrogen-bond donors (Lipinski definition) is 1. The standard InChI is InChI=1S/C13H9Cl2N3O/c1-6-11-7(3-2-4-16-11)10-8(17-13(6)19)5-9(14)18-12(10)15/h2-6H,1H3,(H,17,19). The first-order valence-electron chi connectivity index (χ1n) is 5.70. The van der Waals surface area contributed by atoms with Crippen LogP contribution >= 0.6 is 23.2 Å². The minimum Gasteiger partial charge on any atom is -0.325 e. The Morgan fingerprint density at radius 3 is 2.95 bits per heavy atom. The van der Waals surface area contributed by atoms with E-state index in [1.54, 1.807) is 25.3 Å². The Hall–Kier alpha value is -1.65. The van der Waals surface area contributed by atoms with E-state index in [-0.39, 0.29) is 22.1 Å². The number of carbonyl (C=O) groups excluding carboxylic acids is 1. The van der Waals surface area contributed by atoms with E-state index in [4.69, 9.17) is 23.2 Å². The van der Waals surface area contributed by atoms with Gasteiger partial charge >= 0.3 is 0 Å². The molecule has 1 amide bonds. The van der Waals surface area contributed by atoms with Crippen molar-refractivity contribution in [2.45, 2.75) is 12.8 Å². The van der Waals surface area contributed by atoms with Gasteiger partial charge in [0, 0.05) is 17.3 Å². The topological polar surface area (TPSA) is 54.9 Å². The van der Waals surface area contributed by atoms with Crippen molar-refractivity contribution in [3.05, 3.63) is 40.4 Å². The number of fused-ring (bicyclic) bond motifs is 3. The molecule has 1 unspecified atom stereocenters. The summed E-state index contributed by atoms with van der Waals surface area (Å²) in [4.78, 5) is 20.4. The number of aromatic nitrogens is 2. The van der Waals surface area contributed by atoms with Crippen molar-refractivity contribution in [3.63, 3.8) is 0 Å². The Kier molecular flexibility index (Phi) is 2.92. The van der Waals surface area contributed by atoms with Crippen LogP contribution in [0.4, 0.5) is 5.69 Å². The first kappa shape index (κ1) is 12.4. The van der Waals surface area contributed by atoms with Crippen molar-refractivity contribution in [3.8, 4) is 11.1 Å². The SMILES string of the molecule is CC1C(=O)Nc2cc(Cl)nc(Cl)c2-c2cccnc21. The summed E-state index contributed by atoms with van der Waals surface area (Å²) in [7, 11) is 0. The normalized spacial score (nSPS) is 17.2. The van der Waals surface area contributed by atoms with Gasteiger partial charge in [-0.2, -0.15) is 0 Å². The van der Waals surface area contributed by atoms with E-state index in [1.807, 2.05) is 6.07 Å². The zero-order valence-corrected chi connectivity index (χ0v) is 11.5. The summed E-state index contributed by atoms with van der Waals surface area (Å²) in [5, 5.41) is 3.31. The number of rotatable bonds is 0. The monoisotopic (exact) mass is 293 g/mol.